The molecule has 4 rings (SSSR count). The predicted octanol–water partition coefficient (Wildman–Crippen LogP) is 3.23. The smallest absolute Gasteiger partial charge is 0.341 e. The maximum Gasteiger partial charge on any atom is 0.341 e. The molecule has 7 heteroatoms. The number of carbonyl (C=O) groups excluding carboxylic acids is 2. The minimum Gasteiger partial charge on any atom is -0.465 e. The molecule has 1 aliphatic carbocycles. The normalized spacial score (nSPS) is 19.3. The number of nitrogens with one attached hydrogen (secondary N) is 1. The number of rotatable bonds is 4. The number of ether oxygens (including phenoxy) is 1. The molecule has 0 fully saturated rings. The lowest BCUT2D eigenvalue weighted by molar-refractivity contribution is -0.118. The number of methoxy groups -OCH3 is 1. The van der Waals surface area contributed by atoms with Gasteiger partial charge in [-0.3, -0.25) is 9.69 Å². The van der Waals surface area contributed by atoms with Crippen LogP contribution >= 0.6 is 11.3 Å². The van der Waals surface area contributed by atoms with Crippen LogP contribution in [0.4, 0.5) is 5.00 Å². The molecule has 0 saturated heterocycles. The Morgan fingerprint density at radius 3 is 2.93 bits per heavy atom. The highest BCUT2D eigenvalue weighted by molar-refractivity contribution is 7.17. The van der Waals surface area contributed by atoms with Gasteiger partial charge < -0.3 is 14.6 Å². The van der Waals surface area contributed by atoms with Gasteiger partial charge in [0.05, 0.1) is 19.2 Å². The summed E-state index contributed by atoms with van der Waals surface area (Å²) in [6.07, 6.45) is 6.15. The van der Waals surface area contributed by atoms with Crippen LogP contribution in [0.1, 0.15) is 52.3 Å². The molecule has 1 N–H and O–H groups in total. The summed E-state index contributed by atoms with van der Waals surface area (Å²) in [7, 11) is 1.39. The van der Waals surface area contributed by atoms with Crippen molar-refractivity contribution in [3.63, 3.8) is 0 Å². The van der Waals surface area contributed by atoms with Crippen LogP contribution in [0.5, 0.6) is 0 Å². The van der Waals surface area contributed by atoms with Crippen LogP contribution in [0.3, 0.4) is 0 Å². The maximum absolute atomic E-state index is 12.7. The standard InChI is InChI=1S/C20H25N3O3S/c1-13-15-7-5-9-22(15)10-11-23(13)12-17(24)21-19-18(20(25)26-2)14-6-3-4-8-16(14)27-19/h5,7,9,13H,3-4,6,8,10-12H2,1-2H3,(H,21,24)/t13-/m0/s1. The maximum atomic E-state index is 12.7. The molecule has 2 aliphatic rings. The van der Waals surface area contributed by atoms with Gasteiger partial charge in [-0.2, -0.15) is 0 Å². The molecule has 2 aromatic rings. The first-order chi connectivity index (χ1) is 13.1. The van der Waals surface area contributed by atoms with Crippen LogP contribution in [0, 0.1) is 0 Å². The Hall–Kier alpha value is -2.12. The van der Waals surface area contributed by atoms with Gasteiger partial charge >= 0.3 is 5.97 Å². The molecule has 0 unspecified atom stereocenters. The molecule has 0 aromatic carbocycles. The summed E-state index contributed by atoms with van der Waals surface area (Å²) >= 11 is 1.53. The zero-order chi connectivity index (χ0) is 19.0. The van der Waals surface area contributed by atoms with Gasteiger partial charge in [0.1, 0.15) is 5.00 Å². The lowest BCUT2D eigenvalue weighted by Gasteiger charge is -2.34. The van der Waals surface area contributed by atoms with Crippen molar-refractivity contribution in [2.45, 2.75) is 45.2 Å². The summed E-state index contributed by atoms with van der Waals surface area (Å²) in [6, 6.07) is 4.35. The fraction of sp³-hybridized carbons (Fsp3) is 0.500. The third-order valence-corrected chi connectivity index (χ3v) is 6.84. The molecule has 27 heavy (non-hydrogen) atoms. The van der Waals surface area contributed by atoms with Crippen molar-refractivity contribution in [3.05, 3.63) is 40.0 Å². The lowest BCUT2D eigenvalue weighted by Crippen LogP contribution is -2.41. The van der Waals surface area contributed by atoms with E-state index in [0.29, 0.717) is 17.1 Å². The molecule has 2 aromatic heterocycles. The number of fused-ring (bicyclic) bond motifs is 2. The van der Waals surface area contributed by atoms with Crippen molar-refractivity contribution in [1.82, 2.24) is 9.47 Å². The van der Waals surface area contributed by atoms with Gasteiger partial charge in [0.25, 0.3) is 0 Å². The van der Waals surface area contributed by atoms with E-state index in [-0.39, 0.29) is 17.9 Å². The topological polar surface area (TPSA) is 63.6 Å². The Balaban J connectivity index is 1.50. The predicted molar refractivity (Wildman–Crippen MR) is 105 cm³/mol. The SMILES string of the molecule is COC(=O)c1c(NC(=O)CN2CCn3cccc3[C@@H]2C)sc2c1CCCC2. The highest BCUT2D eigenvalue weighted by Gasteiger charge is 2.29. The van der Waals surface area contributed by atoms with E-state index in [0.717, 1.165) is 44.3 Å². The number of hydrogen-bond acceptors (Lipinski definition) is 5. The van der Waals surface area contributed by atoms with Gasteiger partial charge in [-0.25, -0.2) is 4.79 Å². The monoisotopic (exact) mass is 387 g/mol. The van der Waals surface area contributed by atoms with E-state index in [2.05, 4.69) is 34.0 Å². The summed E-state index contributed by atoms with van der Waals surface area (Å²) in [5.74, 6) is -0.431. The Kier molecular flexibility index (Phi) is 5.06. The molecule has 0 radical (unpaired) electrons. The summed E-state index contributed by atoms with van der Waals surface area (Å²) < 4.78 is 7.22. The van der Waals surface area contributed by atoms with Crippen molar-refractivity contribution >= 4 is 28.2 Å². The van der Waals surface area contributed by atoms with Gasteiger partial charge in [-0.15, -0.1) is 11.3 Å². The number of thiophene rings is 1. The Bertz CT molecular complexity index is 870. The zero-order valence-electron chi connectivity index (χ0n) is 15.8. The second-order valence-corrected chi connectivity index (χ2v) is 8.33. The molecular weight excluding hydrogens is 362 g/mol. The Morgan fingerprint density at radius 2 is 2.11 bits per heavy atom. The van der Waals surface area contributed by atoms with Gasteiger partial charge in [0, 0.05) is 35.9 Å². The molecule has 1 atom stereocenters. The van der Waals surface area contributed by atoms with Crippen molar-refractivity contribution in [2.75, 3.05) is 25.5 Å². The first-order valence-corrected chi connectivity index (χ1v) is 10.3. The summed E-state index contributed by atoms with van der Waals surface area (Å²) in [6.45, 7) is 4.17. The zero-order valence-corrected chi connectivity index (χ0v) is 16.6. The fourth-order valence-corrected chi connectivity index (χ4v) is 5.46. The second kappa shape index (κ2) is 7.48. The van der Waals surface area contributed by atoms with Crippen LogP contribution in [0.2, 0.25) is 0 Å². The molecule has 1 amide bonds. The fourth-order valence-electron chi connectivity index (χ4n) is 4.17. The summed E-state index contributed by atoms with van der Waals surface area (Å²) in [4.78, 5) is 28.5. The second-order valence-electron chi connectivity index (χ2n) is 7.23. The molecule has 0 saturated carbocycles. The van der Waals surface area contributed by atoms with Crippen molar-refractivity contribution in [2.24, 2.45) is 0 Å². The van der Waals surface area contributed by atoms with Crippen molar-refractivity contribution in [3.8, 4) is 0 Å². The molecule has 1 aliphatic heterocycles. The van der Waals surface area contributed by atoms with E-state index < -0.39 is 0 Å². The van der Waals surface area contributed by atoms with Gasteiger partial charge in [0.15, 0.2) is 0 Å². The third-order valence-electron chi connectivity index (χ3n) is 5.63. The Morgan fingerprint density at radius 1 is 1.30 bits per heavy atom. The van der Waals surface area contributed by atoms with Crippen LogP contribution in [0.15, 0.2) is 18.3 Å². The average molecular weight is 388 g/mol. The van der Waals surface area contributed by atoms with E-state index in [1.165, 1.54) is 29.0 Å². The summed E-state index contributed by atoms with van der Waals surface area (Å²) in [5.41, 5.74) is 2.86. The minimum atomic E-state index is -0.353. The van der Waals surface area contributed by atoms with Crippen LogP contribution < -0.4 is 5.32 Å². The number of amides is 1. The minimum absolute atomic E-state index is 0.0781. The van der Waals surface area contributed by atoms with Crippen LogP contribution in [0.25, 0.3) is 0 Å². The Labute approximate surface area is 163 Å². The van der Waals surface area contributed by atoms with E-state index in [9.17, 15) is 9.59 Å². The highest BCUT2D eigenvalue weighted by Crippen LogP contribution is 2.38. The molecule has 144 valence electrons. The largest absolute Gasteiger partial charge is 0.465 e. The van der Waals surface area contributed by atoms with E-state index in [4.69, 9.17) is 4.74 Å². The van der Waals surface area contributed by atoms with E-state index in [1.807, 2.05) is 6.07 Å². The first-order valence-electron chi connectivity index (χ1n) is 9.50. The lowest BCUT2D eigenvalue weighted by atomic mass is 9.95. The molecule has 6 nitrogen and oxygen atoms in total. The number of esters is 1. The van der Waals surface area contributed by atoms with Gasteiger partial charge in [0.2, 0.25) is 5.91 Å². The van der Waals surface area contributed by atoms with Crippen LogP contribution in [-0.2, 0) is 28.9 Å². The number of aromatic nitrogens is 1. The number of carbonyl (C=O) groups is 2. The molecular formula is C20H25N3O3S. The van der Waals surface area contributed by atoms with Crippen LogP contribution in [-0.4, -0.2) is 41.5 Å². The number of aryl methyl sites for hydroxylation is 1. The molecule has 0 spiro atoms. The molecule has 3 heterocycles. The first kappa shape index (κ1) is 18.3. The van der Waals surface area contributed by atoms with Gasteiger partial charge in [-0.05, 0) is 50.3 Å². The third kappa shape index (κ3) is 3.41. The highest BCUT2D eigenvalue weighted by atomic mass is 32.1. The number of anilines is 1. The van der Waals surface area contributed by atoms with Crippen molar-refractivity contribution < 1.29 is 14.3 Å². The van der Waals surface area contributed by atoms with Crippen molar-refractivity contribution in [1.29, 1.82) is 0 Å². The van der Waals surface area contributed by atoms with Gasteiger partial charge in [-0.1, -0.05) is 0 Å². The number of hydrogen-bond donors (Lipinski definition) is 1. The molecule has 0 bridgehead atoms. The van der Waals surface area contributed by atoms with E-state index >= 15 is 0 Å². The quantitative estimate of drug-likeness (QED) is 0.818. The number of nitrogens with zero attached hydrogens (tertiary/aromatic N) is 2. The average Bonchev–Trinajstić information content (AvgIpc) is 3.28. The van der Waals surface area contributed by atoms with E-state index in [1.54, 1.807) is 0 Å². The summed E-state index contributed by atoms with van der Waals surface area (Å²) in [5, 5.41) is 3.64.